The van der Waals surface area contributed by atoms with Gasteiger partial charge in [0.25, 0.3) is 5.91 Å². The van der Waals surface area contributed by atoms with Crippen molar-refractivity contribution in [3.8, 4) is 0 Å². The SMILES string of the molecule is CCCNc1ncc(F)cc1C(=O)NCc1cccnc1. The summed E-state index contributed by atoms with van der Waals surface area (Å²) >= 11 is 0. The van der Waals surface area contributed by atoms with Gasteiger partial charge in [0, 0.05) is 25.5 Å². The summed E-state index contributed by atoms with van der Waals surface area (Å²) in [5.74, 6) is -0.519. The fourth-order valence-corrected chi connectivity index (χ4v) is 1.78. The number of amides is 1. The second-order valence-electron chi connectivity index (χ2n) is 4.52. The van der Waals surface area contributed by atoms with E-state index in [1.54, 1.807) is 18.5 Å². The van der Waals surface area contributed by atoms with Gasteiger partial charge in [0.15, 0.2) is 0 Å². The zero-order valence-electron chi connectivity index (χ0n) is 11.8. The fourth-order valence-electron chi connectivity index (χ4n) is 1.78. The standard InChI is InChI=1S/C15H17FN4O/c1-2-5-18-14-13(7-12(16)10-19-14)15(21)20-9-11-4-3-6-17-8-11/h3-4,6-8,10H,2,5,9H2,1H3,(H,18,19)(H,20,21). The van der Waals surface area contributed by atoms with Gasteiger partial charge in [0.2, 0.25) is 0 Å². The van der Waals surface area contributed by atoms with E-state index in [4.69, 9.17) is 0 Å². The summed E-state index contributed by atoms with van der Waals surface area (Å²) < 4.78 is 13.3. The highest BCUT2D eigenvalue weighted by Crippen LogP contribution is 2.14. The van der Waals surface area contributed by atoms with Crippen molar-refractivity contribution in [2.45, 2.75) is 19.9 Å². The van der Waals surface area contributed by atoms with Gasteiger partial charge in [-0.1, -0.05) is 13.0 Å². The number of nitrogens with zero attached hydrogens (tertiary/aromatic N) is 2. The van der Waals surface area contributed by atoms with Crippen molar-refractivity contribution in [3.63, 3.8) is 0 Å². The van der Waals surface area contributed by atoms with Crippen LogP contribution in [-0.2, 0) is 6.54 Å². The maximum atomic E-state index is 13.3. The number of rotatable bonds is 6. The summed E-state index contributed by atoms with van der Waals surface area (Å²) in [6.07, 6.45) is 5.31. The lowest BCUT2D eigenvalue weighted by molar-refractivity contribution is 0.0951. The van der Waals surface area contributed by atoms with E-state index in [1.165, 1.54) is 6.07 Å². The molecule has 0 aliphatic rings. The van der Waals surface area contributed by atoms with Gasteiger partial charge in [-0.3, -0.25) is 9.78 Å². The average Bonchev–Trinajstić information content (AvgIpc) is 2.52. The third kappa shape index (κ3) is 4.24. The van der Waals surface area contributed by atoms with E-state index in [2.05, 4.69) is 20.6 Å². The second kappa shape index (κ2) is 7.33. The molecule has 0 radical (unpaired) electrons. The van der Waals surface area contributed by atoms with Crippen molar-refractivity contribution >= 4 is 11.7 Å². The summed E-state index contributed by atoms with van der Waals surface area (Å²) in [5, 5.41) is 5.75. The first-order valence-electron chi connectivity index (χ1n) is 6.77. The summed E-state index contributed by atoms with van der Waals surface area (Å²) in [5.41, 5.74) is 1.07. The number of aromatic nitrogens is 2. The van der Waals surface area contributed by atoms with E-state index in [0.29, 0.717) is 18.9 Å². The molecule has 0 aliphatic carbocycles. The van der Waals surface area contributed by atoms with Crippen LogP contribution in [0.15, 0.2) is 36.8 Å². The van der Waals surface area contributed by atoms with Crippen molar-refractivity contribution in [3.05, 3.63) is 53.7 Å². The van der Waals surface area contributed by atoms with Crippen LogP contribution < -0.4 is 10.6 Å². The summed E-state index contributed by atoms with van der Waals surface area (Å²) in [4.78, 5) is 20.1. The zero-order valence-corrected chi connectivity index (χ0v) is 11.8. The first-order valence-corrected chi connectivity index (χ1v) is 6.77. The van der Waals surface area contributed by atoms with Gasteiger partial charge in [-0.25, -0.2) is 9.37 Å². The Morgan fingerprint density at radius 2 is 2.24 bits per heavy atom. The Morgan fingerprint density at radius 1 is 1.38 bits per heavy atom. The third-order valence-electron chi connectivity index (χ3n) is 2.82. The van der Waals surface area contributed by atoms with Crippen molar-refractivity contribution in [2.24, 2.45) is 0 Å². The van der Waals surface area contributed by atoms with E-state index < -0.39 is 5.82 Å². The van der Waals surface area contributed by atoms with E-state index in [1.807, 2.05) is 13.0 Å². The molecule has 1 amide bonds. The summed E-state index contributed by atoms with van der Waals surface area (Å²) in [6, 6.07) is 4.83. The first-order chi connectivity index (χ1) is 10.2. The van der Waals surface area contributed by atoms with Crippen LogP contribution in [0.2, 0.25) is 0 Å². The van der Waals surface area contributed by atoms with Gasteiger partial charge in [0.05, 0.1) is 11.8 Å². The van der Waals surface area contributed by atoms with Crippen molar-refractivity contribution in [1.82, 2.24) is 15.3 Å². The van der Waals surface area contributed by atoms with E-state index >= 15 is 0 Å². The lowest BCUT2D eigenvalue weighted by atomic mass is 10.2. The van der Waals surface area contributed by atoms with Crippen LogP contribution in [-0.4, -0.2) is 22.4 Å². The number of hydrogen-bond acceptors (Lipinski definition) is 4. The molecule has 0 saturated carbocycles. The van der Waals surface area contributed by atoms with Gasteiger partial charge in [-0.2, -0.15) is 0 Å². The minimum Gasteiger partial charge on any atom is -0.369 e. The molecule has 0 bridgehead atoms. The molecule has 2 heterocycles. The predicted molar refractivity (Wildman–Crippen MR) is 78.4 cm³/mol. The van der Waals surface area contributed by atoms with E-state index in [0.717, 1.165) is 18.2 Å². The molecule has 6 heteroatoms. The molecule has 110 valence electrons. The van der Waals surface area contributed by atoms with Crippen LogP contribution >= 0.6 is 0 Å². The van der Waals surface area contributed by atoms with E-state index in [9.17, 15) is 9.18 Å². The molecule has 0 spiro atoms. The normalized spacial score (nSPS) is 10.2. The first kappa shape index (κ1) is 14.9. The Morgan fingerprint density at radius 3 is 2.95 bits per heavy atom. The highest BCUT2D eigenvalue weighted by molar-refractivity contribution is 5.98. The van der Waals surface area contributed by atoms with Gasteiger partial charge in [-0.15, -0.1) is 0 Å². The number of carbonyl (C=O) groups is 1. The highest BCUT2D eigenvalue weighted by atomic mass is 19.1. The van der Waals surface area contributed by atoms with Gasteiger partial charge in [0.1, 0.15) is 11.6 Å². The number of pyridine rings is 2. The molecule has 2 aromatic rings. The number of halogens is 1. The maximum Gasteiger partial charge on any atom is 0.255 e. The minimum absolute atomic E-state index is 0.201. The largest absolute Gasteiger partial charge is 0.369 e. The molecule has 0 saturated heterocycles. The van der Waals surface area contributed by atoms with Crippen molar-refractivity contribution in [1.29, 1.82) is 0 Å². The molecule has 2 aromatic heterocycles. The number of anilines is 1. The average molecular weight is 288 g/mol. The summed E-state index contributed by atoms with van der Waals surface area (Å²) in [7, 11) is 0. The third-order valence-corrected chi connectivity index (χ3v) is 2.82. The molecule has 0 aliphatic heterocycles. The number of nitrogens with one attached hydrogen (secondary N) is 2. The molecule has 2 rings (SSSR count). The van der Waals surface area contributed by atoms with Gasteiger partial charge < -0.3 is 10.6 Å². The van der Waals surface area contributed by atoms with Crippen LogP contribution in [0.5, 0.6) is 0 Å². The Kier molecular flexibility index (Phi) is 5.20. The highest BCUT2D eigenvalue weighted by Gasteiger charge is 2.13. The molecule has 0 atom stereocenters. The van der Waals surface area contributed by atoms with Crippen molar-refractivity contribution < 1.29 is 9.18 Å². The van der Waals surface area contributed by atoms with Gasteiger partial charge >= 0.3 is 0 Å². The van der Waals surface area contributed by atoms with Crippen LogP contribution in [0.1, 0.15) is 29.3 Å². The molecule has 21 heavy (non-hydrogen) atoms. The Hall–Kier alpha value is -2.50. The molecule has 0 aromatic carbocycles. The summed E-state index contributed by atoms with van der Waals surface area (Å²) in [6.45, 7) is 3.00. The Bertz CT molecular complexity index is 604. The van der Waals surface area contributed by atoms with Gasteiger partial charge in [-0.05, 0) is 24.1 Å². The predicted octanol–water partition coefficient (Wildman–Crippen LogP) is 2.37. The molecular weight excluding hydrogens is 271 g/mol. The molecule has 0 fully saturated rings. The fraction of sp³-hybridized carbons (Fsp3) is 0.267. The lowest BCUT2D eigenvalue weighted by Gasteiger charge is -2.11. The molecule has 5 nitrogen and oxygen atoms in total. The van der Waals surface area contributed by atoms with E-state index in [-0.39, 0.29) is 11.5 Å². The van der Waals surface area contributed by atoms with Crippen LogP contribution in [0.25, 0.3) is 0 Å². The quantitative estimate of drug-likeness (QED) is 0.856. The molecule has 0 unspecified atom stereocenters. The lowest BCUT2D eigenvalue weighted by Crippen LogP contribution is -2.24. The monoisotopic (exact) mass is 288 g/mol. The smallest absolute Gasteiger partial charge is 0.255 e. The van der Waals surface area contributed by atoms with Crippen molar-refractivity contribution in [2.75, 3.05) is 11.9 Å². The molecule has 2 N–H and O–H groups in total. The number of hydrogen-bond donors (Lipinski definition) is 2. The number of carbonyl (C=O) groups excluding carboxylic acids is 1. The Balaban J connectivity index is 2.08. The Labute approximate surface area is 122 Å². The molecular formula is C15H17FN4O. The second-order valence-corrected chi connectivity index (χ2v) is 4.52. The topological polar surface area (TPSA) is 66.9 Å². The van der Waals surface area contributed by atoms with Crippen LogP contribution in [0, 0.1) is 5.82 Å². The minimum atomic E-state index is -0.538. The maximum absolute atomic E-state index is 13.3. The zero-order chi connectivity index (χ0) is 15.1. The van der Waals surface area contributed by atoms with Crippen LogP contribution in [0.4, 0.5) is 10.2 Å². The van der Waals surface area contributed by atoms with Crippen LogP contribution in [0.3, 0.4) is 0 Å².